The van der Waals surface area contributed by atoms with Gasteiger partial charge in [0.05, 0.1) is 18.9 Å². The molecule has 0 bridgehead atoms. The fraction of sp³-hybridized carbons (Fsp3) is 0.107. The largest absolute Gasteiger partial charge is 0.465 e. The topological polar surface area (TPSA) is 101 Å². The van der Waals surface area contributed by atoms with E-state index in [0.717, 1.165) is 5.56 Å². The second kappa shape index (κ2) is 11.2. The van der Waals surface area contributed by atoms with Crippen molar-refractivity contribution in [2.75, 3.05) is 17.3 Å². The Morgan fingerprint density at radius 2 is 1.73 bits per heavy atom. The SMILES string of the molecule is COC(=O)c1cccc(N(C(=O)c2cnccn2)C(C(=O)Nc2ccc(F)cc2)c2ccccc2C)c1. The Balaban J connectivity index is 1.89. The standard InChI is InChI=1S/C28H23FN4O4/c1-18-6-3-4-9-23(18)25(26(34)32-21-12-10-20(29)11-13-21)33(27(35)24-17-30-14-15-31-24)22-8-5-7-19(16-22)28(36)37-2/h3-17,25H,1-2H3,(H,32,34). The highest BCUT2D eigenvalue weighted by atomic mass is 19.1. The van der Waals surface area contributed by atoms with Gasteiger partial charge < -0.3 is 10.1 Å². The summed E-state index contributed by atoms with van der Waals surface area (Å²) in [5, 5.41) is 2.77. The second-order valence-electron chi connectivity index (χ2n) is 8.06. The highest BCUT2D eigenvalue weighted by molar-refractivity contribution is 6.11. The van der Waals surface area contributed by atoms with E-state index in [1.54, 1.807) is 30.3 Å². The van der Waals surface area contributed by atoms with Crippen LogP contribution >= 0.6 is 0 Å². The van der Waals surface area contributed by atoms with Gasteiger partial charge in [0, 0.05) is 23.8 Å². The van der Waals surface area contributed by atoms with E-state index in [1.165, 1.54) is 60.9 Å². The van der Waals surface area contributed by atoms with Gasteiger partial charge in [-0.15, -0.1) is 0 Å². The number of ether oxygens (including phenoxy) is 1. The van der Waals surface area contributed by atoms with Crippen molar-refractivity contribution in [1.29, 1.82) is 0 Å². The van der Waals surface area contributed by atoms with Crippen LogP contribution in [0.2, 0.25) is 0 Å². The summed E-state index contributed by atoms with van der Waals surface area (Å²) in [6.07, 6.45) is 4.10. The molecule has 0 spiro atoms. The lowest BCUT2D eigenvalue weighted by atomic mass is 9.97. The smallest absolute Gasteiger partial charge is 0.337 e. The highest BCUT2D eigenvalue weighted by Crippen LogP contribution is 2.32. The van der Waals surface area contributed by atoms with Gasteiger partial charge in [-0.3, -0.25) is 19.5 Å². The van der Waals surface area contributed by atoms with Crippen LogP contribution in [0.5, 0.6) is 0 Å². The number of benzene rings is 3. The Morgan fingerprint density at radius 3 is 2.41 bits per heavy atom. The van der Waals surface area contributed by atoms with Gasteiger partial charge in [-0.05, 0) is 60.5 Å². The molecule has 1 aromatic heterocycles. The maximum Gasteiger partial charge on any atom is 0.337 e. The van der Waals surface area contributed by atoms with Crippen LogP contribution in [0.15, 0.2) is 91.4 Å². The molecule has 1 atom stereocenters. The third-order valence-electron chi connectivity index (χ3n) is 5.65. The van der Waals surface area contributed by atoms with Crippen LogP contribution in [0.4, 0.5) is 15.8 Å². The molecule has 0 fully saturated rings. The number of anilines is 2. The van der Waals surface area contributed by atoms with Crippen LogP contribution < -0.4 is 10.2 Å². The Hall–Kier alpha value is -4.92. The zero-order valence-electron chi connectivity index (χ0n) is 20.1. The minimum atomic E-state index is -1.19. The minimum Gasteiger partial charge on any atom is -0.465 e. The van der Waals surface area contributed by atoms with Crippen molar-refractivity contribution in [3.8, 4) is 0 Å². The summed E-state index contributed by atoms with van der Waals surface area (Å²) in [4.78, 5) is 49.4. The van der Waals surface area contributed by atoms with Crippen LogP contribution in [-0.2, 0) is 9.53 Å². The zero-order valence-corrected chi connectivity index (χ0v) is 20.1. The van der Waals surface area contributed by atoms with Crippen LogP contribution in [0.25, 0.3) is 0 Å². The molecule has 1 heterocycles. The first kappa shape index (κ1) is 25.2. The summed E-state index contributed by atoms with van der Waals surface area (Å²) >= 11 is 0. The Labute approximate surface area is 212 Å². The molecule has 0 radical (unpaired) electrons. The average Bonchev–Trinajstić information content (AvgIpc) is 2.93. The quantitative estimate of drug-likeness (QED) is 0.370. The van der Waals surface area contributed by atoms with Crippen molar-refractivity contribution >= 4 is 29.2 Å². The predicted octanol–water partition coefficient (Wildman–Crippen LogP) is 4.74. The van der Waals surface area contributed by atoms with Crippen molar-refractivity contribution in [3.63, 3.8) is 0 Å². The van der Waals surface area contributed by atoms with E-state index < -0.39 is 29.6 Å². The molecule has 186 valence electrons. The Bertz CT molecular complexity index is 1430. The summed E-state index contributed by atoms with van der Waals surface area (Å²) in [6, 6.07) is 17.5. The Kier molecular flexibility index (Phi) is 7.63. The summed E-state index contributed by atoms with van der Waals surface area (Å²) in [5.74, 6) is -2.22. The van der Waals surface area contributed by atoms with E-state index in [0.29, 0.717) is 11.3 Å². The van der Waals surface area contributed by atoms with E-state index in [2.05, 4.69) is 15.3 Å². The van der Waals surface area contributed by atoms with Crippen LogP contribution in [-0.4, -0.2) is 34.9 Å². The molecule has 3 aromatic carbocycles. The monoisotopic (exact) mass is 498 g/mol. The van der Waals surface area contributed by atoms with Gasteiger partial charge in [-0.1, -0.05) is 30.3 Å². The molecule has 2 amide bonds. The van der Waals surface area contributed by atoms with Gasteiger partial charge in [-0.25, -0.2) is 14.2 Å². The van der Waals surface area contributed by atoms with Crippen molar-refractivity contribution in [2.24, 2.45) is 0 Å². The van der Waals surface area contributed by atoms with Crippen molar-refractivity contribution in [3.05, 3.63) is 120 Å². The minimum absolute atomic E-state index is 0.000799. The number of hydrogen-bond acceptors (Lipinski definition) is 6. The van der Waals surface area contributed by atoms with Crippen molar-refractivity contribution in [1.82, 2.24) is 9.97 Å². The third-order valence-corrected chi connectivity index (χ3v) is 5.65. The summed E-state index contributed by atoms with van der Waals surface area (Å²) in [7, 11) is 1.25. The summed E-state index contributed by atoms with van der Waals surface area (Å²) in [6.45, 7) is 1.82. The number of hydrogen-bond donors (Lipinski definition) is 1. The van der Waals surface area contributed by atoms with Gasteiger partial charge in [0.2, 0.25) is 0 Å². The van der Waals surface area contributed by atoms with Gasteiger partial charge in [0.15, 0.2) is 0 Å². The van der Waals surface area contributed by atoms with Gasteiger partial charge in [-0.2, -0.15) is 0 Å². The molecule has 0 saturated carbocycles. The van der Waals surface area contributed by atoms with Crippen LogP contribution in [0, 0.1) is 12.7 Å². The maximum atomic E-state index is 13.9. The molecule has 0 aliphatic heterocycles. The summed E-state index contributed by atoms with van der Waals surface area (Å²) < 4.78 is 18.3. The van der Waals surface area contributed by atoms with Gasteiger partial charge >= 0.3 is 5.97 Å². The molecule has 0 aliphatic carbocycles. The number of methoxy groups -OCH3 is 1. The van der Waals surface area contributed by atoms with E-state index >= 15 is 0 Å². The molecule has 4 aromatic rings. The average molecular weight is 499 g/mol. The van der Waals surface area contributed by atoms with E-state index in [9.17, 15) is 18.8 Å². The number of carbonyl (C=O) groups excluding carboxylic acids is 3. The fourth-order valence-electron chi connectivity index (χ4n) is 3.85. The fourth-order valence-corrected chi connectivity index (χ4v) is 3.85. The maximum absolute atomic E-state index is 13.9. The number of esters is 1. The first-order chi connectivity index (χ1) is 17.9. The van der Waals surface area contributed by atoms with E-state index in [-0.39, 0.29) is 16.9 Å². The van der Waals surface area contributed by atoms with E-state index in [4.69, 9.17) is 4.74 Å². The molecule has 4 rings (SSSR count). The molecular weight excluding hydrogens is 475 g/mol. The number of amides is 2. The zero-order chi connectivity index (χ0) is 26.4. The number of aryl methyl sites for hydroxylation is 1. The number of carbonyl (C=O) groups is 3. The molecule has 0 aliphatic rings. The van der Waals surface area contributed by atoms with E-state index in [1.807, 2.05) is 19.1 Å². The second-order valence-corrected chi connectivity index (χ2v) is 8.06. The lowest BCUT2D eigenvalue weighted by molar-refractivity contribution is -0.117. The van der Waals surface area contributed by atoms with Crippen molar-refractivity contribution in [2.45, 2.75) is 13.0 Å². The highest BCUT2D eigenvalue weighted by Gasteiger charge is 2.35. The van der Waals surface area contributed by atoms with Gasteiger partial charge in [0.1, 0.15) is 17.6 Å². The molecule has 9 heteroatoms. The summed E-state index contributed by atoms with van der Waals surface area (Å²) in [5.41, 5.74) is 2.10. The number of halogens is 1. The number of nitrogens with zero attached hydrogens (tertiary/aromatic N) is 3. The molecule has 37 heavy (non-hydrogen) atoms. The number of aromatic nitrogens is 2. The predicted molar refractivity (Wildman–Crippen MR) is 136 cm³/mol. The number of nitrogens with one attached hydrogen (secondary N) is 1. The van der Waals surface area contributed by atoms with Crippen molar-refractivity contribution < 1.29 is 23.5 Å². The molecule has 0 saturated heterocycles. The van der Waals surface area contributed by atoms with Gasteiger partial charge in [0.25, 0.3) is 11.8 Å². The lowest BCUT2D eigenvalue weighted by Crippen LogP contribution is -2.42. The lowest BCUT2D eigenvalue weighted by Gasteiger charge is -2.32. The number of rotatable bonds is 7. The first-order valence-corrected chi connectivity index (χ1v) is 11.3. The molecule has 1 N–H and O–H groups in total. The molecular formula is C28H23FN4O4. The van der Waals surface area contributed by atoms with Crippen LogP contribution in [0.1, 0.15) is 38.0 Å². The molecule has 1 unspecified atom stereocenters. The third kappa shape index (κ3) is 5.67. The van der Waals surface area contributed by atoms with Crippen LogP contribution in [0.3, 0.4) is 0 Å². The first-order valence-electron chi connectivity index (χ1n) is 11.3. The Morgan fingerprint density at radius 1 is 0.973 bits per heavy atom. The molecule has 8 nitrogen and oxygen atoms in total. The normalized spacial score (nSPS) is 11.3.